The van der Waals surface area contributed by atoms with E-state index >= 15 is 0 Å². The highest BCUT2D eigenvalue weighted by Gasteiger charge is 2.16. The van der Waals surface area contributed by atoms with E-state index in [9.17, 15) is 13.2 Å². The van der Waals surface area contributed by atoms with E-state index in [2.05, 4.69) is 0 Å². The highest BCUT2D eigenvalue weighted by atomic mass is 19.2. The zero-order chi connectivity index (χ0) is 9.30. The van der Waals surface area contributed by atoms with Gasteiger partial charge in [-0.3, -0.25) is 0 Å². The van der Waals surface area contributed by atoms with Crippen molar-refractivity contribution in [2.75, 3.05) is 0 Å². The Morgan fingerprint density at radius 1 is 1.17 bits per heavy atom. The van der Waals surface area contributed by atoms with Gasteiger partial charge in [-0.1, -0.05) is 0 Å². The molecule has 0 aliphatic rings. The molecule has 12 heavy (non-hydrogen) atoms. The van der Waals surface area contributed by atoms with Crippen LogP contribution >= 0.6 is 0 Å². The summed E-state index contributed by atoms with van der Waals surface area (Å²) in [4.78, 5) is 0. The maximum Gasteiger partial charge on any atom is 0.203 e. The molecule has 0 atom stereocenters. The lowest BCUT2D eigenvalue weighted by Gasteiger charge is -2.03. The molecule has 1 rings (SSSR count). The van der Waals surface area contributed by atoms with E-state index in [0.717, 1.165) is 0 Å². The first-order valence-corrected chi connectivity index (χ1v) is 3.04. The van der Waals surface area contributed by atoms with Gasteiger partial charge >= 0.3 is 0 Å². The summed E-state index contributed by atoms with van der Waals surface area (Å²) >= 11 is 0. The molecule has 2 nitrogen and oxygen atoms in total. The van der Waals surface area contributed by atoms with Crippen LogP contribution < -0.4 is 0 Å². The fourth-order valence-corrected chi connectivity index (χ4v) is 0.755. The van der Waals surface area contributed by atoms with E-state index in [1.165, 1.54) is 0 Å². The van der Waals surface area contributed by atoms with Crippen LogP contribution in [0.15, 0.2) is 6.07 Å². The van der Waals surface area contributed by atoms with Crippen LogP contribution in [0.1, 0.15) is 5.56 Å². The lowest BCUT2D eigenvalue weighted by Crippen LogP contribution is -1.96. The average molecular weight is 178 g/mol. The summed E-state index contributed by atoms with van der Waals surface area (Å²) in [5, 5.41) is 17.2. The third kappa shape index (κ3) is 1.23. The number of aromatic hydroxyl groups is 1. The topological polar surface area (TPSA) is 40.5 Å². The first-order chi connectivity index (χ1) is 5.57. The molecule has 0 saturated heterocycles. The van der Waals surface area contributed by atoms with Gasteiger partial charge in [-0.2, -0.15) is 4.39 Å². The van der Waals surface area contributed by atoms with Gasteiger partial charge in [-0.15, -0.1) is 0 Å². The minimum atomic E-state index is -1.75. The van der Waals surface area contributed by atoms with Crippen molar-refractivity contribution in [3.8, 4) is 5.75 Å². The Hall–Kier alpha value is -1.23. The number of benzene rings is 1. The molecule has 0 aromatic heterocycles. The van der Waals surface area contributed by atoms with Gasteiger partial charge in [0.2, 0.25) is 5.82 Å². The predicted molar refractivity (Wildman–Crippen MR) is 33.9 cm³/mol. The summed E-state index contributed by atoms with van der Waals surface area (Å²) in [6, 6.07) is 0.535. The largest absolute Gasteiger partial charge is 0.504 e. The number of aliphatic hydroxyl groups is 1. The van der Waals surface area contributed by atoms with Crippen LogP contribution in [0.4, 0.5) is 13.2 Å². The van der Waals surface area contributed by atoms with Crippen molar-refractivity contribution in [3.63, 3.8) is 0 Å². The van der Waals surface area contributed by atoms with Crippen LogP contribution in [0.2, 0.25) is 0 Å². The Morgan fingerprint density at radius 2 is 1.75 bits per heavy atom. The van der Waals surface area contributed by atoms with Crippen LogP contribution in [0.5, 0.6) is 5.75 Å². The van der Waals surface area contributed by atoms with Crippen molar-refractivity contribution < 1.29 is 23.4 Å². The van der Waals surface area contributed by atoms with Gasteiger partial charge in [0.25, 0.3) is 0 Å². The molecule has 1 aromatic rings. The normalized spacial score (nSPS) is 10.3. The van der Waals surface area contributed by atoms with E-state index in [0.29, 0.717) is 6.07 Å². The monoisotopic (exact) mass is 178 g/mol. The Labute approximate surface area is 65.9 Å². The van der Waals surface area contributed by atoms with E-state index in [4.69, 9.17) is 10.2 Å². The van der Waals surface area contributed by atoms with Crippen molar-refractivity contribution in [3.05, 3.63) is 29.1 Å². The maximum absolute atomic E-state index is 12.5. The summed E-state index contributed by atoms with van der Waals surface area (Å²) in [6.07, 6.45) is 0. The second-order valence-electron chi connectivity index (χ2n) is 2.15. The first kappa shape index (κ1) is 8.86. The van der Waals surface area contributed by atoms with Gasteiger partial charge in [0, 0.05) is 5.56 Å². The zero-order valence-electron chi connectivity index (χ0n) is 5.81. The molecule has 0 heterocycles. The Bertz CT molecular complexity index is 312. The smallest absolute Gasteiger partial charge is 0.203 e. The van der Waals surface area contributed by atoms with Crippen LogP contribution in [0, 0.1) is 17.5 Å². The third-order valence-corrected chi connectivity index (χ3v) is 1.39. The number of phenols is 1. The lowest BCUT2D eigenvalue weighted by molar-refractivity contribution is 0.270. The standard InChI is InChI=1S/C7H5F3O2/c8-4-1-3(2-11)7(12)6(10)5(4)9/h1,11-12H,2H2. The molecule has 5 heteroatoms. The Kier molecular flexibility index (Phi) is 2.23. The number of rotatable bonds is 1. The molecular formula is C7H5F3O2. The molecule has 2 N–H and O–H groups in total. The second kappa shape index (κ2) is 3.02. The van der Waals surface area contributed by atoms with Crippen LogP contribution in [-0.4, -0.2) is 10.2 Å². The second-order valence-corrected chi connectivity index (χ2v) is 2.15. The first-order valence-electron chi connectivity index (χ1n) is 3.04. The van der Waals surface area contributed by atoms with E-state index < -0.39 is 29.8 Å². The third-order valence-electron chi connectivity index (χ3n) is 1.39. The Morgan fingerprint density at radius 3 is 2.25 bits per heavy atom. The quantitative estimate of drug-likeness (QED) is 0.636. The van der Waals surface area contributed by atoms with Crippen LogP contribution in [-0.2, 0) is 6.61 Å². The van der Waals surface area contributed by atoms with Crippen molar-refractivity contribution >= 4 is 0 Å². The highest BCUT2D eigenvalue weighted by molar-refractivity contribution is 5.34. The molecule has 0 bridgehead atoms. The molecule has 0 spiro atoms. The van der Waals surface area contributed by atoms with Crippen molar-refractivity contribution in [1.82, 2.24) is 0 Å². The van der Waals surface area contributed by atoms with Gasteiger partial charge in [-0.25, -0.2) is 8.78 Å². The fourth-order valence-electron chi connectivity index (χ4n) is 0.755. The summed E-state index contributed by atoms with van der Waals surface area (Å²) < 4.78 is 37.1. The molecule has 0 amide bonds. The van der Waals surface area contributed by atoms with Gasteiger partial charge in [0.05, 0.1) is 6.61 Å². The summed E-state index contributed by atoms with van der Waals surface area (Å²) in [6.45, 7) is -0.750. The van der Waals surface area contributed by atoms with Crippen molar-refractivity contribution in [1.29, 1.82) is 0 Å². The summed E-state index contributed by atoms with van der Waals surface area (Å²) in [7, 11) is 0. The summed E-state index contributed by atoms with van der Waals surface area (Å²) in [5.41, 5.74) is -0.383. The van der Waals surface area contributed by atoms with Crippen LogP contribution in [0.3, 0.4) is 0 Å². The molecular weight excluding hydrogens is 173 g/mol. The summed E-state index contributed by atoms with van der Waals surface area (Å²) in [5.74, 6) is -5.92. The van der Waals surface area contributed by atoms with Crippen molar-refractivity contribution in [2.45, 2.75) is 6.61 Å². The fraction of sp³-hybridized carbons (Fsp3) is 0.143. The Balaban J connectivity index is 3.39. The molecule has 1 aromatic carbocycles. The molecule has 0 radical (unpaired) electrons. The number of hydrogen-bond donors (Lipinski definition) is 2. The van der Waals surface area contributed by atoms with Crippen molar-refractivity contribution in [2.24, 2.45) is 0 Å². The molecule has 0 unspecified atom stereocenters. The van der Waals surface area contributed by atoms with Crippen LogP contribution in [0.25, 0.3) is 0 Å². The number of aliphatic hydroxyl groups excluding tert-OH is 1. The molecule has 66 valence electrons. The van der Waals surface area contributed by atoms with Gasteiger partial charge in [0.15, 0.2) is 17.4 Å². The number of halogens is 3. The van der Waals surface area contributed by atoms with Gasteiger partial charge in [-0.05, 0) is 6.07 Å². The van der Waals surface area contributed by atoms with E-state index in [-0.39, 0.29) is 5.56 Å². The maximum atomic E-state index is 12.5. The lowest BCUT2D eigenvalue weighted by atomic mass is 10.2. The minimum absolute atomic E-state index is 0.383. The number of hydrogen-bond acceptors (Lipinski definition) is 2. The zero-order valence-corrected chi connectivity index (χ0v) is 5.81. The highest BCUT2D eigenvalue weighted by Crippen LogP contribution is 2.25. The molecule has 0 saturated carbocycles. The minimum Gasteiger partial charge on any atom is -0.504 e. The molecule has 0 fully saturated rings. The SMILES string of the molecule is OCc1cc(F)c(F)c(F)c1O. The van der Waals surface area contributed by atoms with E-state index in [1.54, 1.807) is 0 Å². The molecule has 0 aliphatic heterocycles. The van der Waals surface area contributed by atoms with Gasteiger partial charge in [0.1, 0.15) is 0 Å². The average Bonchev–Trinajstić information content (AvgIpc) is 2.08. The molecule has 0 aliphatic carbocycles. The predicted octanol–water partition coefficient (Wildman–Crippen LogP) is 1.30. The van der Waals surface area contributed by atoms with E-state index in [1.807, 2.05) is 0 Å². The van der Waals surface area contributed by atoms with Gasteiger partial charge < -0.3 is 10.2 Å².